The topological polar surface area (TPSA) is 110 Å². The molecule has 0 aliphatic carbocycles. The molecule has 5 rings (SSSR count). The van der Waals surface area contributed by atoms with E-state index in [1.807, 2.05) is 18.2 Å². The first-order valence-corrected chi connectivity index (χ1v) is 12.5. The van der Waals surface area contributed by atoms with E-state index in [-0.39, 0.29) is 12.3 Å². The Labute approximate surface area is 219 Å². The molecule has 0 spiro atoms. The second kappa shape index (κ2) is 10.7. The normalized spacial score (nSPS) is 18.7. The van der Waals surface area contributed by atoms with Crippen LogP contribution in [0.25, 0.3) is 0 Å². The van der Waals surface area contributed by atoms with Crippen molar-refractivity contribution in [3.63, 3.8) is 0 Å². The maximum atomic E-state index is 13.9. The van der Waals surface area contributed by atoms with Gasteiger partial charge in [-0.1, -0.05) is 24.0 Å². The van der Waals surface area contributed by atoms with Crippen molar-refractivity contribution in [3.05, 3.63) is 77.1 Å². The Kier molecular flexibility index (Phi) is 7.22. The van der Waals surface area contributed by atoms with Crippen LogP contribution in [0.15, 0.2) is 48.9 Å². The lowest BCUT2D eigenvalue weighted by Gasteiger charge is -2.26. The molecule has 1 fully saturated rings. The summed E-state index contributed by atoms with van der Waals surface area (Å²) in [6, 6.07) is 7.62. The van der Waals surface area contributed by atoms with Crippen LogP contribution in [-0.2, 0) is 22.4 Å². The van der Waals surface area contributed by atoms with Crippen LogP contribution in [0.1, 0.15) is 41.5 Å². The van der Waals surface area contributed by atoms with Gasteiger partial charge < -0.3 is 20.1 Å². The Morgan fingerprint density at radius 3 is 2.92 bits per heavy atom. The van der Waals surface area contributed by atoms with Crippen molar-refractivity contribution in [2.75, 3.05) is 25.2 Å². The van der Waals surface area contributed by atoms with Crippen LogP contribution in [0, 0.1) is 17.8 Å². The van der Waals surface area contributed by atoms with Gasteiger partial charge in [0.2, 0.25) is 11.9 Å². The Bertz CT molecular complexity index is 1420. The van der Waals surface area contributed by atoms with Gasteiger partial charge in [-0.25, -0.2) is 9.78 Å². The fraction of sp³-hybridized carbons (Fsp3) is 0.357. The number of fused-ring (bicyclic) bond motifs is 1. The van der Waals surface area contributed by atoms with Gasteiger partial charge in [-0.05, 0) is 42.2 Å². The van der Waals surface area contributed by atoms with E-state index in [1.165, 1.54) is 23.5 Å². The fourth-order valence-corrected chi connectivity index (χ4v) is 4.65. The summed E-state index contributed by atoms with van der Waals surface area (Å²) < 4.78 is 20.3. The first kappa shape index (κ1) is 25.6. The van der Waals surface area contributed by atoms with Crippen LogP contribution in [-0.4, -0.2) is 63.7 Å². The van der Waals surface area contributed by atoms with Crippen molar-refractivity contribution in [1.29, 1.82) is 0 Å². The molecule has 3 aromatic rings. The lowest BCUT2D eigenvalue weighted by molar-refractivity contribution is -0.120. The van der Waals surface area contributed by atoms with Gasteiger partial charge in [-0.15, -0.1) is 0 Å². The van der Waals surface area contributed by atoms with Crippen molar-refractivity contribution >= 4 is 17.6 Å². The summed E-state index contributed by atoms with van der Waals surface area (Å²) in [5.74, 6) is 5.19. The molecule has 0 bridgehead atoms. The van der Waals surface area contributed by atoms with Gasteiger partial charge in [0.25, 0.3) is 0 Å². The number of pyridine rings is 1. The molecule has 196 valence electrons. The highest BCUT2D eigenvalue weighted by atomic mass is 19.1. The predicted octanol–water partition coefficient (Wildman–Crippen LogP) is 2.44. The number of carbonyl (C=O) groups excluding carboxylic acids is 2. The molecule has 4 heterocycles. The third kappa shape index (κ3) is 5.59. The molecule has 1 aromatic carbocycles. The Morgan fingerprint density at radius 1 is 1.32 bits per heavy atom. The van der Waals surface area contributed by atoms with Crippen molar-refractivity contribution in [2.45, 2.75) is 43.7 Å². The van der Waals surface area contributed by atoms with Gasteiger partial charge in [-0.3, -0.25) is 4.79 Å². The molecule has 1 atom stereocenters. The van der Waals surface area contributed by atoms with E-state index in [0.29, 0.717) is 55.6 Å². The molecule has 10 heteroatoms. The monoisotopic (exact) mass is 517 g/mol. The molecule has 1 saturated heterocycles. The number of ether oxygens (including phenoxy) is 1. The summed E-state index contributed by atoms with van der Waals surface area (Å²) in [7, 11) is 1.67. The number of likely N-dealkylation sites (N-methyl/N-ethyl adjacent to an activating group) is 1. The lowest BCUT2D eigenvalue weighted by atomic mass is 9.94. The third-order valence-electron chi connectivity index (χ3n) is 6.91. The standard InChI is InChI=1S/C28H28FN5O4/c1-33-24-16-19(8-9-28(37)10-13-38-14-11-28)4-5-21(24)6-7-23(26(33)35)32-27(36)34-18-20(17-31-34)15-22-3-2-12-30-25(22)29/h2-5,12,16-18,23,37H,6-7,10-11,13-15H2,1H3,(H,32,36)/t23-/m0/s1. The SMILES string of the molecule is CN1C(=O)[C@@H](NC(=O)n2cc(Cc3cccnc3F)cn2)CCc2ccc(C#CC3(O)CCOCC3)cc21. The minimum atomic E-state index is -1.07. The number of amides is 2. The number of hydrogen-bond donors (Lipinski definition) is 2. The van der Waals surface area contributed by atoms with E-state index >= 15 is 0 Å². The molecule has 2 aliphatic rings. The van der Waals surface area contributed by atoms with Gasteiger partial charge in [0.15, 0.2) is 0 Å². The molecule has 0 radical (unpaired) electrons. The number of aliphatic hydroxyl groups is 1. The third-order valence-corrected chi connectivity index (χ3v) is 6.91. The number of rotatable bonds is 3. The van der Waals surface area contributed by atoms with Gasteiger partial charge in [0, 0.05) is 55.5 Å². The number of nitrogens with one attached hydrogen (secondary N) is 1. The van der Waals surface area contributed by atoms with Crippen molar-refractivity contribution in [3.8, 4) is 11.8 Å². The number of anilines is 1. The largest absolute Gasteiger partial charge is 0.381 e. The Hall–Kier alpha value is -4.07. The number of benzene rings is 1. The maximum Gasteiger partial charge on any atom is 0.342 e. The maximum absolute atomic E-state index is 13.9. The summed E-state index contributed by atoms with van der Waals surface area (Å²) in [6.07, 6.45) is 6.54. The molecular weight excluding hydrogens is 489 g/mol. The van der Waals surface area contributed by atoms with Gasteiger partial charge in [0.1, 0.15) is 11.6 Å². The molecule has 2 amide bonds. The summed E-state index contributed by atoms with van der Waals surface area (Å²) in [5.41, 5.74) is 2.35. The first-order chi connectivity index (χ1) is 18.3. The number of halogens is 1. The van der Waals surface area contributed by atoms with Crippen LogP contribution in [0.5, 0.6) is 0 Å². The van der Waals surface area contributed by atoms with Crippen LogP contribution < -0.4 is 10.2 Å². The highest BCUT2D eigenvalue weighted by Crippen LogP contribution is 2.28. The quantitative estimate of drug-likeness (QED) is 0.408. The average molecular weight is 518 g/mol. The van der Waals surface area contributed by atoms with E-state index in [4.69, 9.17) is 4.74 Å². The van der Waals surface area contributed by atoms with Gasteiger partial charge in [-0.2, -0.15) is 14.2 Å². The first-order valence-electron chi connectivity index (χ1n) is 12.5. The second-order valence-corrected chi connectivity index (χ2v) is 9.60. The average Bonchev–Trinajstić information content (AvgIpc) is 3.36. The zero-order valence-electron chi connectivity index (χ0n) is 21.0. The van der Waals surface area contributed by atoms with Gasteiger partial charge in [0.05, 0.1) is 19.4 Å². The minimum absolute atomic E-state index is 0.240. The van der Waals surface area contributed by atoms with E-state index in [9.17, 15) is 19.1 Å². The molecule has 2 N–H and O–H groups in total. The summed E-state index contributed by atoms with van der Waals surface area (Å²) >= 11 is 0. The Morgan fingerprint density at radius 2 is 2.13 bits per heavy atom. The van der Waals surface area contributed by atoms with E-state index in [0.717, 1.165) is 15.9 Å². The molecule has 38 heavy (non-hydrogen) atoms. The van der Waals surface area contributed by atoms with Crippen LogP contribution >= 0.6 is 0 Å². The van der Waals surface area contributed by atoms with Crippen LogP contribution in [0.3, 0.4) is 0 Å². The highest BCUT2D eigenvalue weighted by Gasteiger charge is 2.30. The summed E-state index contributed by atoms with van der Waals surface area (Å²) in [4.78, 5) is 31.3. The van der Waals surface area contributed by atoms with Crippen LogP contribution in [0.2, 0.25) is 0 Å². The second-order valence-electron chi connectivity index (χ2n) is 9.60. The molecule has 0 saturated carbocycles. The molecular formula is C28H28FN5O4. The van der Waals surface area contributed by atoms with E-state index < -0.39 is 23.6 Å². The molecule has 9 nitrogen and oxygen atoms in total. The number of carbonyl (C=O) groups is 2. The summed E-state index contributed by atoms with van der Waals surface area (Å²) in [5, 5.41) is 17.5. The number of aryl methyl sites for hydroxylation is 1. The van der Waals surface area contributed by atoms with Crippen molar-refractivity contribution in [2.24, 2.45) is 0 Å². The van der Waals surface area contributed by atoms with Crippen molar-refractivity contribution < 1.29 is 23.8 Å². The number of hydrogen-bond acceptors (Lipinski definition) is 6. The molecule has 2 aromatic heterocycles. The smallest absolute Gasteiger partial charge is 0.342 e. The highest BCUT2D eigenvalue weighted by molar-refractivity contribution is 6.00. The zero-order valence-corrected chi connectivity index (χ0v) is 21.0. The van der Waals surface area contributed by atoms with Crippen LogP contribution in [0.4, 0.5) is 14.9 Å². The zero-order chi connectivity index (χ0) is 26.7. The number of aromatic nitrogens is 3. The molecule has 0 unspecified atom stereocenters. The molecule has 2 aliphatic heterocycles. The lowest BCUT2D eigenvalue weighted by Crippen LogP contribution is -2.48. The fourth-order valence-electron chi connectivity index (χ4n) is 4.65. The van der Waals surface area contributed by atoms with Gasteiger partial charge >= 0.3 is 6.03 Å². The van der Waals surface area contributed by atoms with E-state index in [1.54, 1.807) is 19.2 Å². The predicted molar refractivity (Wildman–Crippen MR) is 137 cm³/mol. The number of nitrogens with zero attached hydrogens (tertiary/aromatic N) is 4. The minimum Gasteiger partial charge on any atom is -0.381 e. The van der Waals surface area contributed by atoms with E-state index in [2.05, 4.69) is 27.2 Å². The summed E-state index contributed by atoms with van der Waals surface area (Å²) in [6.45, 7) is 0.950. The van der Waals surface area contributed by atoms with Crippen molar-refractivity contribution in [1.82, 2.24) is 20.1 Å². The Balaban J connectivity index is 1.26.